The second-order valence-electron chi connectivity index (χ2n) is 2.95. The van der Waals surface area contributed by atoms with Gasteiger partial charge in [-0.25, -0.2) is 0 Å². The van der Waals surface area contributed by atoms with E-state index in [0.29, 0.717) is 11.7 Å². The maximum Gasteiger partial charge on any atom is 0.0639 e. The molecule has 0 saturated heterocycles. The van der Waals surface area contributed by atoms with Crippen LogP contribution in [0.25, 0.3) is 0 Å². The van der Waals surface area contributed by atoms with Gasteiger partial charge in [0.15, 0.2) is 0 Å². The maximum atomic E-state index is 9.41. The Morgan fingerprint density at radius 2 is 2.25 bits per heavy atom. The summed E-state index contributed by atoms with van der Waals surface area (Å²) < 4.78 is 0. The molecule has 2 unspecified atom stereocenters. The minimum Gasteiger partial charge on any atom is -0.392 e. The van der Waals surface area contributed by atoms with Gasteiger partial charge in [0.1, 0.15) is 0 Å². The van der Waals surface area contributed by atoms with Crippen molar-refractivity contribution < 1.29 is 5.11 Å². The van der Waals surface area contributed by atoms with E-state index in [4.69, 9.17) is 6.42 Å². The molecule has 0 aliphatic carbocycles. The molecule has 0 radical (unpaired) electrons. The molecule has 0 aromatic carbocycles. The Morgan fingerprint density at radius 1 is 1.58 bits per heavy atom. The van der Waals surface area contributed by atoms with Crippen molar-refractivity contribution in [2.24, 2.45) is 0 Å². The summed E-state index contributed by atoms with van der Waals surface area (Å²) in [5.74, 6) is 3.35. The highest BCUT2D eigenvalue weighted by Gasteiger charge is 2.05. The summed E-state index contributed by atoms with van der Waals surface area (Å²) >= 11 is 1.82. The van der Waals surface area contributed by atoms with Crippen LogP contribution in [0.1, 0.15) is 33.1 Å². The van der Waals surface area contributed by atoms with E-state index in [1.54, 1.807) is 0 Å². The standard InChI is InChI=1S/C10H18OS/c1-4-6-7-10(11)8-12-9(3)5-2/h1,9-11H,5-8H2,2-3H3. The van der Waals surface area contributed by atoms with Crippen molar-refractivity contribution in [1.29, 1.82) is 0 Å². The number of hydrogen-bond donors (Lipinski definition) is 1. The topological polar surface area (TPSA) is 20.2 Å². The predicted octanol–water partition coefficient (Wildman–Crippen LogP) is 2.29. The maximum absolute atomic E-state index is 9.41. The van der Waals surface area contributed by atoms with Gasteiger partial charge in [-0.1, -0.05) is 13.8 Å². The number of hydrogen-bond acceptors (Lipinski definition) is 2. The van der Waals surface area contributed by atoms with Crippen molar-refractivity contribution >= 4 is 11.8 Å². The zero-order valence-corrected chi connectivity index (χ0v) is 8.73. The largest absolute Gasteiger partial charge is 0.392 e. The fourth-order valence-corrected chi connectivity index (χ4v) is 1.68. The molecule has 0 saturated carbocycles. The molecule has 0 aliphatic heterocycles. The molecular weight excluding hydrogens is 168 g/mol. The predicted molar refractivity (Wildman–Crippen MR) is 56.3 cm³/mol. The van der Waals surface area contributed by atoms with Gasteiger partial charge in [0.25, 0.3) is 0 Å². The van der Waals surface area contributed by atoms with Gasteiger partial charge in [0.05, 0.1) is 6.10 Å². The average molecular weight is 186 g/mol. The first kappa shape index (κ1) is 11.9. The van der Waals surface area contributed by atoms with Crippen molar-refractivity contribution in [1.82, 2.24) is 0 Å². The molecule has 0 aromatic heterocycles. The third-order valence-corrected chi connectivity index (χ3v) is 3.25. The summed E-state index contributed by atoms with van der Waals surface area (Å²) in [6.07, 6.45) is 7.45. The third-order valence-electron chi connectivity index (χ3n) is 1.77. The lowest BCUT2D eigenvalue weighted by atomic mass is 10.2. The molecule has 0 amide bonds. The lowest BCUT2D eigenvalue weighted by molar-refractivity contribution is 0.191. The second-order valence-corrected chi connectivity index (χ2v) is 4.42. The Morgan fingerprint density at radius 3 is 2.75 bits per heavy atom. The van der Waals surface area contributed by atoms with Crippen LogP contribution in [0.3, 0.4) is 0 Å². The molecule has 1 N–H and O–H groups in total. The van der Waals surface area contributed by atoms with Crippen molar-refractivity contribution in [2.45, 2.75) is 44.5 Å². The molecule has 0 spiro atoms. The monoisotopic (exact) mass is 186 g/mol. The molecular formula is C10H18OS. The van der Waals surface area contributed by atoms with Crippen LogP contribution in [0.15, 0.2) is 0 Å². The second kappa shape index (κ2) is 7.52. The first-order valence-corrected chi connectivity index (χ1v) is 5.48. The molecule has 0 bridgehead atoms. The SMILES string of the molecule is C#CCCC(O)CSC(C)CC. The van der Waals surface area contributed by atoms with Crippen molar-refractivity contribution in [3.05, 3.63) is 0 Å². The molecule has 2 atom stereocenters. The van der Waals surface area contributed by atoms with Crippen LogP contribution in [-0.4, -0.2) is 22.2 Å². The minimum atomic E-state index is -0.222. The van der Waals surface area contributed by atoms with Gasteiger partial charge >= 0.3 is 0 Å². The van der Waals surface area contributed by atoms with E-state index in [-0.39, 0.29) is 6.10 Å². The first-order chi connectivity index (χ1) is 5.70. The van der Waals surface area contributed by atoms with Crippen LogP contribution in [-0.2, 0) is 0 Å². The zero-order chi connectivity index (χ0) is 9.40. The Balaban J connectivity index is 3.31. The number of terminal acetylenes is 1. The number of rotatable bonds is 6. The molecule has 0 heterocycles. The van der Waals surface area contributed by atoms with Crippen LogP contribution in [0.2, 0.25) is 0 Å². The zero-order valence-electron chi connectivity index (χ0n) is 7.92. The fraction of sp³-hybridized carbons (Fsp3) is 0.800. The highest BCUT2D eigenvalue weighted by Crippen LogP contribution is 2.15. The average Bonchev–Trinajstić information content (AvgIpc) is 2.10. The molecule has 0 aromatic rings. The molecule has 0 fully saturated rings. The quantitative estimate of drug-likeness (QED) is 0.642. The van der Waals surface area contributed by atoms with E-state index >= 15 is 0 Å². The van der Waals surface area contributed by atoms with Gasteiger partial charge in [0, 0.05) is 17.4 Å². The molecule has 1 nitrogen and oxygen atoms in total. The summed E-state index contributed by atoms with van der Waals surface area (Å²) in [6, 6.07) is 0. The molecule has 0 aliphatic rings. The van der Waals surface area contributed by atoms with Crippen LogP contribution in [0, 0.1) is 12.3 Å². The molecule has 2 heteroatoms. The van der Waals surface area contributed by atoms with Gasteiger partial charge < -0.3 is 5.11 Å². The van der Waals surface area contributed by atoms with Crippen LogP contribution < -0.4 is 0 Å². The van der Waals surface area contributed by atoms with E-state index in [0.717, 1.165) is 18.6 Å². The van der Waals surface area contributed by atoms with Crippen molar-refractivity contribution in [3.8, 4) is 12.3 Å². The van der Waals surface area contributed by atoms with Crippen molar-refractivity contribution in [2.75, 3.05) is 5.75 Å². The molecule has 0 rings (SSSR count). The fourth-order valence-electron chi connectivity index (χ4n) is 0.726. The summed E-state index contributed by atoms with van der Waals surface area (Å²) in [6.45, 7) is 4.34. The highest BCUT2D eigenvalue weighted by molar-refractivity contribution is 7.99. The summed E-state index contributed by atoms with van der Waals surface area (Å²) in [4.78, 5) is 0. The van der Waals surface area contributed by atoms with Gasteiger partial charge in [-0.2, -0.15) is 11.8 Å². The van der Waals surface area contributed by atoms with Gasteiger partial charge in [-0.15, -0.1) is 12.3 Å². The molecule has 70 valence electrons. The first-order valence-electron chi connectivity index (χ1n) is 4.43. The van der Waals surface area contributed by atoms with E-state index in [1.807, 2.05) is 11.8 Å². The van der Waals surface area contributed by atoms with Crippen LogP contribution in [0.5, 0.6) is 0 Å². The van der Waals surface area contributed by atoms with E-state index in [2.05, 4.69) is 19.8 Å². The summed E-state index contributed by atoms with van der Waals surface area (Å²) in [5.41, 5.74) is 0. The Kier molecular flexibility index (Phi) is 7.43. The summed E-state index contributed by atoms with van der Waals surface area (Å²) in [7, 11) is 0. The smallest absolute Gasteiger partial charge is 0.0639 e. The van der Waals surface area contributed by atoms with Gasteiger partial charge in [-0.3, -0.25) is 0 Å². The number of aliphatic hydroxyl groups excluding tert-OH is 1. The number of thioether (sulfide) groups is 1. The van der Waals surface area contributed by atoms with E-state index < -0.39 is 0 Å². The van der Waals surface area contributed by atoms with Gasteiger partial charge in [-0.05, 0) is 12.8 Å². The normalized spacial score (nSPS) is 15.2. The Hall–Kier alpha value is -0.130. The lowest BCUT2D eigenvalue weighted by Gasteiger charge is -2.11. The van der Waals surface area contributed by atoms with Gasteiger partial charge in [0.2, 0.25) is 0 Å². The highest BCUT2D eigenvalue weighted by atomic mass is 32.2. The third kappa shape index (κ3) is 6.57. The van der Waals surface area contributed by atoms with Crippen molar-refractivity contribution in [3.63, 3.8) is 0 Å². The van der Waals surface area contributed by atoms with Crippen LogP contribution in [0.4, 0.5) is 0 Å². The molecule has 12 heavy (non-hydrogen) atoms. The minimum absolute atomic E-state index is 0.222. The summed E-state index contributed by atoms with van der Waals surface area (Å²) in [5, 5.41) is 10.1. The Bertz CT molecular complexity index is 139. The van der Waals surface area contributed by atoms with Crippen LogP contribution >= 0.6 is 11.8 Å². The Labute approximate surface area is 79.9 Å². The lowest BCUT2D eigenvalue weighted by Crippen LogP contribution is -2.11. The number of aliphatic hydroxyl groups is 1. The van der Waals surface area contributed by atoms with E-state index in [1.165, 1.54) is 0 Å². The van der Waals surface area contributed by atoms with E-state index in [9.17, 15) is 5.11 Å².